The Balaban J connectivity index is 1.64. The normalized spacial score (nSPS) is 24.4. The molecule has 1 N–H and O–H groups in total. The lowest BCUT2D eigenvalue weighted by molar-refractivity contribution is -0.135. The van der Waals surface area contributed by atoms with Crippen LogP contribution in [0.5, 0.6) is 0 Å². The van der Waals surface area contributed by atoms with Crippen LogP contribution in [0.15, 0.2) is 6.20 Å². The first-order valence-corrected chi connectivity index (χ1v) is 8.79. The summed E-state index contributed by atoms with van der Waals surface area (Å²) in [5.41, 5.74) is 2.73. The Morgan fingerprint density at radius 2 is 2.18 bits per heavy atom. The molecule has 1 unspecified atom stereocenters. The van der Waals surface area contributed by atoms with Crippen LogP contribution in [0, 0.1) is 11.3 Å². The molecule has 4 heteroatoms. The zero-order valence-corrected chi connectivity index (χ0v) is 14.2. The van der Waals surface area contributed by atoms with Gasteiger partial charge >= 0.3 is 0 Å². The summed E-state index contributed by atoms with van der Waals surface area (Å²) in [6, 6.07) is 0. The molecule has 0 saturated carbocycles. The zero-order chi connectivity index (χ0) is 15.7. The van der Waals surface area contributed by atoms with Gasteiger partial charge in [0.25, 0.3) is 0 Å². The summed E-state index contributed by atoms with van der Waals surface area (Å²) in [5, 5.41) is 7.20. The number of aryl methyl sites for hydroxylation is 1. The molecule has 1 aromatic rings. The number of H-pyrrole nitrogens is 1. The van der Waals surface area contributed by atoms with Gasteiger partial charge in [-0.3, -0.25) is 9.89 Å². The van der Waals surface area contributed by atoms with Crippen LogP contribution < -0.4 is 0 Å². The van der Waals surface area contributed by atoms with Crippen LogP contribution >= 0.6 is 0 Å². The molecular weight excluding hydrogens is 274 g/mol. The van der Waals surface area contributed by atoms with E-state index >= 15 is 0 Å². The van der Waals surface area contributed by atoms with Gasteiger partial charge in [0.15, 0.2) is 0 Å². The number of amides is 1. The number of nitrogens with one attached hydrogen (secondary N) is 1. The number of aromatic amines is 1. The summed E-state index contributed by atoms with van der Waals surface area (Å²) in [5.74, 6) is 1.10. The van der Waals surface area contributed by atoms with Gasteiger partial charge in [0.2, 0.25) is 5.91 Å². The largest absolute Gasteiger partial charge is 0.342 e. The monoisotopic (exact) mass is 303 g/mol. The molecule has 0 bridgehead atoms. The van der Waals surface area contributed by atoms with Crippen molar-refractivity contribution in [2.75, 3.05) is 13.1 Å². The van der Waals surface area contributed by atoms with E-state index in [0.29, 0.717) is 11.3 Å². The van der Waals surface area contributed by atoms with E-state index in [2.05, 4.69) is 35.9 Å². The minimum Gasteiger partial charge on any atom is -0.342 e. The standard InChI is InChI=1S/C18H29N3O/c1-13(2)11-18(3)7-9-21(10-8-18)17(22)14-5-4-6-16-15(14)12-19-20-16/h12-14H,4-11H2,1-3H3,(H,19,20). The smallest absolute Gasteiger partial charge is 0.230 e. The molecule has 3 rings (SSSR count). The van der Waals surface area contributed by atoms with Crippen LogP contribution in [0.25, 0.3) is 0 Å². The van der Waals surface area contributed by atoms with Crippen molar-refractivity contribution in [3.05, 3.63) is 17.5 Å². The zero-order valence-electron chi connectivity index (χ0n) is 14.2. The Labute approximate surface area is 133 Å². The second-order valence-corrected chi connectivity index (χ2v) is 7.98. The molecule has 1 amide bonds. The molecule has 1 aromatic heterocycles. The molecule has 0 aromatic carbocycles. The van der Waals surface area contributed by atoms with E-state index in [1.807, 2.05) is 6.20 Å². The van der Waals surface area contributed by atoms with Crippen LogP contribution in [0.3, 0.4) is 0 Å². The van der Waals surface area contributed by atoms with Crippen molar-refractivity contribution in [3.8, 4) is 0 Å². The predicted octanol–water partition coefficient (Wildman–Crippen LogP) is 3.50. The van der Waals surface area contributed by atoms with E-state index in [9.17, 15) is 4.79 Å². The fraction of sp³-hybridized carbons (Fsp3) is 0.778. The fourth-order valence-electron chi connectivity index (χ4n) is 4.39. The van der Waals surface area contributed by atoms with Crippen LogP contribution in [-0.2, 0) is 11.2 Å². The van der Waals surface area contributed by atoms with Gasteiger partial charge in [-0.2, -0.15) is 5.10 Å². The highest BCUT2D eigenvalue weighted by atomic mass is 16.2. The number of piperidine rings is 1. The number of carbonyl (C=O) groups is 1. The number of likely N-dealkylation sites (tertiary alicyclic amines) is 1. The average molecular weight is 303 g/mol. The summed E-state index contributed by atoms with van der Waals surface area (Å²) in [7, 11) is 0. The molecule has 22 heavy (non-hydrogen) atoms. The molecule has 4 nitrogen and oxygen atoms in total. The first-order chi connectivity index (χ1) is 10.5. The Kier molecular flexibility index (Phi) is 4.28. The summed E-state index contributed by atoms with van der Waals surface area (Å²) >= 11 is 0. The maximum atomic E-state index is 12.9. The molecule has 1 fully saturated rings. The average Bonchev–Trinajstić information content (AvgIpc) is 2.94. The highest BCUT2D eigenvalue weighted by Gasteiger charge is 2.36. The predicted molar refractivity (Wildman–Crippen MR) is 87.6 cm³/mol. The molecule has 1 atom stereocenters. The Morgan fingerprint density at radius 1 is 1.45 bits per heavy atom. The number of hydrogen-bond donors (Lipinski definition) is 1. The van der Waals surface area contributed by atoms with Crippen molar-refractivity contribution in [1.82, 2.24) is 15.1 Å². The first-order valence-electron chi connectivity index (χ1n) is 8.79. The molecule has 122 valence electrons. The van der Waals surface area contributed by atoms with Crippen molar-refractivity contribution in [3.63, 3.8) is 0 Å². The van der Waals surface area contributed by atoms with Crippen molar-refractivity contribution in [2.45, 2.75) is 65.2 Å². The molecule has 2 heterocycles. The van der Waals surface area contributed by atoms with E-state index < -0.39 is 0 Å². The van der Waals surface area contributed by atoms with Gasteiger partial charge in [-0.05, 0) is 49.9 Å². The summed E-state index contributed by atoms with van der Waals surface area (Å²) in [6.45, 7) is 8.83. The lowest BCUT2D eigenvalue weighted by Gasteiger charge is -2.41. The van der Waals surface area contributed by atoms with Crippen LogP contribution in [0.4, 0.5) is 0 Å². The Bertz CT molecular complexity index is 526. The summed E-state index contributed by atoms with van der Waals surface area (Å²) < 4.78 is 0. The second kappa shape index (κ2) is 6.05. The summed E-state index contributed by atoms with van der Waals surface area (Å²) in [4.78, 5) is 15.0. The van der Waals surface area contributed by atoms with Crippen LogP contribution in [0.1, 0.15) is 70.1 Å². The molecule has 0 radical (unpaired) electrons. The van der Waals surface area contributed by atoms with E-state index in [1.165, 1.54) is 12.1 Å². The van der Waals surface area contributed by atoms with Crippen molar-refractivity contribution >= 4 is 5.91 Å². The van der Waals surface area contributed by atoms with Gasteiger partial charge in [0.05, 0.1) is 12.1 Å². The van der Waals surface area contributed by atoms with Gasteiger partial charge in [-0.1, -0.05) is 20.8 Å². The van der Waals surface area contributed by atoms with Gasteiger partial charge in [0, 0.05) is 24.3 Å². The number of aromatic nitrogens is 2. The molecule has 2 aliphatic rings. The SMILES string of the molecule is CC(C)CC1(C)CCN(C(=O)C2CCCc3[nH]ncc32)CC1. The maximum Gasteiger partial charge on any atom is 0.230 e. The van der Waals surface area contributed by atoms with Gasteiger partial charge in [-0.15, -0.1) is 0 Å². The van der Waals surface area contributed by atoms with E-state index in [1.54, 1.807) is 0 Å². The number of hydrogen-bond acceptors (Lipinski definition) is 2. The minimum absolute atomic E-state index is 0.0388. The minimum atomic E-state index is 0.0388. The van der Waals surface area contributed by atoms with Crippen molar-refractivity contribution < 1.29 is 4.79 Å². The molecule has 1 aliphatic carbocycles. The topological polar surface area (TPSA) is 49.0 Å². The Hall–Kier alpha value is -1.32. The maximum absolute atomic E-state index is 12.9. The number of fused-ring (bicyclic) bond motifs is 1. The van der Waals surface area contributed by atoms with E-state index in [4.69, 9.17) is 0 Å². The molecule has 1 saturated heterocycles. The highest BCUT2D eigenvalue weighted by molar-refractivity contribution is 5.84. The van der Waals surface area contributed by atoms with Gasteiger partial charge < -0.3 is 4.90 Å². The third-order valence-corrected chi connectivity index (χ3v) is 5.53. The molecular formula is C18H29N3O. The summed E-state index contributed by atoms with van der Waals surface area (Å²) in [6.07, 6.45) is 8.51. The number of rotatable bonds is 3. The highest BCUT2D eigenvalue weighted by Crippen LogP contribution is 2.39. The second-order valence-electron chi connectivity index (χ2n) is 7.98. The lowest BCUT2D eigenvalue weighted by Crippen LogP contribution is -2.44. The number of nitrogens with zero attached hydrogens (tertiary/aromatic N) is 2. The van der Waals surface area contributed by atoms with Crippen LogP contribution in [0.2, 0.25) is 0 Å². The molecule has 1 aliphatic heterocycles. The van der Waals surface area contributed by atoms with Gasteiger partial charge in [0.1, 0.15) is 0 Å². The van der Waals surface area contributed by atoms with E-state index in [-0.39, 0.29) is 5.92 Å². The van der Waals surface area contributed by atoms with Crippen molar-refractivity contribution in [2.24, 2.45) is 11.3 Å². The third-order valence-electron chi connectivity index (χ3n) is 5.53. The lowest BCUT2D eigenvalue weighted by atomic mass is 9.74. The first kappa shape index (κ1) is 15.6. The number of carbonyl (C=O) groups excluding carboxylic acids is 1. The molecule has 0 spiro atoms. The van der Waals surface area contributed by atoms with Crippen LogP contribution in [-0.4, -0.2) is 34.1 Å². The third kappa shape index (κ3) is 3.06. The Morgan fingerprint density at radius 3 is 2.86 bits per heavy atom. The van der Waals surface area contributed by atoms with E-state index in [0.717, 1.165) is 56.7 Å². The van der Waals surface area contributed by atoms with Crippen molar-refractivity contribution in [1.29, 1.82) is 0 Å². The van der Waals surface area contributed by atoms with Gasteiger partial charge in [-0.25, -0.2) is 0 Å². The quantitative estimate of drug-likeness (QED) is 0.929. The fourth-order valence-corrected chi connectivity index (χ4v) is 4.39.